The van der Waals surface area contributed by atoms with E-state index < -0.39 is 0 Å². The summed E-state index contributed by atoms with van der Waals surface area (Å²) in [6.07, 6.45) is 0.661. The number of ether oxygens (including phenoxy) is 2. The van der Waals surface area contributed by atoms with E-state index in [4.69, 9.17) is 9.47 Å². The highest BCUT2D eigenvalue weighted by molar-refractivity contribution is 14.1. The number of benzene rings is 1. The van der Waals surface area contributed by atoms with Crippen LogP contribution in [-0.2, 0) is 17.8 Å². The van der Waals surface area contributed by atoms with Crippen molar-refractivity contribution in [2.75, 3.05) is 19.5 Å². The number of rotatable bonds is 4. The van der Waals surface area contributed by atoms with Gasteiger partial charge in [0.25, 0.3) is 0 Å². The Bertz CT molecular complexity index is 638. The van der Waals surface area contributed by atoms with Crippen molar-refractivity contribution >= 4 is 28.4 Å². The van der Waals surface area contributed by atoms with Crippen molar-refractivity contribution in [3.8, 4) is 5.75 Å². The molecule has 1 aliphatic rings. The third-order valence-electron chi connectivity index (χ3n) is 3.39. The fourth-order valence-electron chi connectivity index (χ4n) is 2.38. The fraction of sp³-hybridized carbons (Fsp3) is 0.333. The first-order valence-corrected chi connectivity index (χ1v) is 7.78. The summed E-state index contributed by atoms with van der Waals surface area (Å²) in [6, 6.07) is 8.06. The normalized spacial score (nSPS) is 16.4. The van der Waals surface area contributed by atoms with Crippen LogP contribution < -0.4 is 10.1 Å². The SMILES string of the molecule is CNc1nc(C2Cc3ccccc3O2)nc(COC)c1I. The Hall–Kier alpha value is -1.41. The molecule has 0 saturated carbocycles. The number of nitrogens with one attached hydrogen (secondary N) is 1. The lowest BCUT2D eigenvalue weighted by Crippen LogP contribution is -2.14. The number of nitrogens with zero attached hydrogens (tertiary/aromatic N) is 2. The van der Waals surface area contributed by atoms with Crippen molar-refractivity contribution in [1.29, 1.82) is 0 Å². The third-order valence-corrected chi connectivity index (χ3v) is 4.52. The molecule has 2 heterocycles. The van der Waals surface area contributed by atoms with Gasteiger partial charge in [0.2, 0.25) is 0 Å². The van der Waals surface area contributed by atoms with Gasteiger partial charge in [-0.15, -0.1) is 0 Å². The Morgan fingerprint density at radius 3 is 2.90 bits per heavy atom. The maximum Gasteiger partial charge on any atom is 0.172 e. The Morgan fingerprint density at radius 2 is 2.19 bits per heavy atom. The van der Waals surface area contributed by atoms with E-state index in [1.165, 1.54) is 5.56 Å². The molecular weight excluding hydrogens is 381 g/mol. The van der Waals surface area contributed by atoms with E-state index in [2.05, 4.69) is 43.9 Å². The van der Waals surface area contributed by atoms with Crippen molar-refractivity contribution in [1.82, 2.24) is 9.97 Å². The smallest absolute Gasteiger partial charge is 0.172 e. The lowest BCUT2D eigenvalue weighted by atomic mass is 10.1. The van der Waals surface area contributed by atoms with Gasteiger partial charge in [-0.3, -0.25) is 0 Å². The highest BCUT2D eigenvalue weighted by atomic mass is 127. The molecule has 0 aliphatic carbocycles. The van der Waals surface area contributed by atoms with Crippen LogP contribution in [0.15, 0.2) is 24.3 Å². The Labute approximate surface area is 137 Å². The summed E-state index contributed by atoms with van der Waals surface area (Å²) in [5.74, 6) is 2.43. The number of aromatic nitrogens is 2. The summed E-state index contributed by atoms with van der Waals surface area (Å²) < 4.78 is 12.2. The van der Waals surface area contributed by atoms with Gasteiger partial charge in [0.05, 0.1) is 15.9 Å². The molecule has 21 heavy (non-hydrogen) atoms. The van der Waals surface area contributed by atoms with E-state index in [1.54, 1.807) is 7.11 Å². The molecular formula is C15H16IN3O2. The molecule has 0 amide bonds. The lowest BCUT2D eigenvalue weighted by molar-refractivity contribution is 0.178. The quantitative estimate of drug-likeness (QED) is 0.805. The topological polar surface area (TPSA) is 56.3 Å². The van der Waals surface area contributed by atoms with Gasteiger partial charge < -0.3 is 14.8 Å². The van der Waals surface area contributed by atoms with Crippen molar-refractivity contribution in [3.05, 3.63) is 44.9 Å². The Kier molecular flexibility index (Phi) is 4.25. The minimum absolute atomic E-state index is 0.137. The summed E-state index contributed by atoms with van der Waals surface area (Å²) in [5.41, 5.74) is 2.08. The molecule has 5 nitrogen and oxygen atoms in total. The van der Waals surface area contributed by atoms with E-state index in [-0.39, 0.29) is 6.10 Å². The number of anilines is 1. The fourth-order valence-corrected chi connectivity index (χ4v) is 3.05. The molecule has 1 N–H and O–H groups in total. The number of halogens is 1. The molecule has 0 radical (unpaired) electrons. The van der Waals surface area contributed by atoms with E-state index in [9.17, 15) is 0 Å². The largest absolute Gasteiger partial charge is 0.482 e. The van der Waals surface area contributed by atoms with Crippen molar-refractivity contribution < 1.29 is 9.47 Å². The third kappa shape index (κ3) is 2.82. The summed E-state index contributed by atoms with van der Waals surface area (Å²) >= 11 is 2.24. The zero-order valence-electron chi connectivity index (χ0n) is 11.9. The molecule has 0 fully saturated rings. The number of methoxy groups -OCH3 is 1. The van der Waals surface area contributed by atoms with Crippen LogP contribution >= 0.6 is 22.6 Å². The first-order chi connectivity index (χ1) is 10.2. The van der Waals surface area contributed by atoms with Gasteiger partial charge in [-0.05, 0) is 34.2 Å². The van der Waals surface area contributed by atoms with Gasteiger partial charge in [-0.2, -0.15) is 0 Å². The van der Waals surface area contributed by atoms with Crippen LogP contribution in [0.4, 0.5) is 5.82 Å². The number of hydrogen-bond donors (Lipinski definition) is 1. The summed E-state index contributed by atoms with van der Waals surface area (Å²) in [4.78, 5) is 9.22. The van der Waals surface area contributed by atoms with Gasteiger partial charge in [0, 0.05) is 20.6 Å². The van der Waals surface area contributed by atoms with E-state index in [0.29, 0.717) is 12.4 Å². The molecule has 0 bridgehead atoms. The minimum Gasteiger partial charge on any atom is -0.482 e. The van der Waals surface area contributed by atoms with Crippen LogP contribution in [0.2, 0.25) is 0 Å². The second kappa shape index (κ2) is 6.15. The average molecular weight is 397 g/mol. The monoisotopic (exact) mass is 397 g/mol. The second-order valence-corrected chi connectivity index (χ2v) is 5.87. The number of para-hydroxylation sites is 1. The standard InChI is InChI=1S/C15H16IN3O2/c1-17-15-13(16)10(8-20-2)18-14(19-15)12-7-9-5-3-4-6-11(9)21-12/h3-6,12H,7-8H2,1-2H3,(H,17,18,19). The first kappa shape index (κ1) is 14.5. The van der Waals surface area contributed by atoms with Crippen LogP contribution in [0.3, 0.4) is 0 Å². The molecule has 2 aromatic rings. The maximum absolute atomic E-state index is 5.97. The van der Waals surface area contributed by atoms with Gasteiger partial charge in [0.1, 0.15) is 11.6 Å². The Morgan fingerprint density at radius 1 is 1.38 bits per heavy atom. The molecule has 0 saturated heterocycles. The van der Waals surface area contributed by atoms with E-state index >= 15 is 0 Å². The molecule has 1 aromatic heterocycles. The first-order valence-electron chi connectivity index (χ1n) is 6.70. The summed E-state index contributed by atoms with van der Waals surface area (Å²) in [7, 11) is 3.52. The molecule has 1 aliphatic heterocycles. The Balaban J connectivity index is 1.95. The molecule has 1 atom stereocenters. The lowest BCUT2D eigenvalue weighted by Gasteiger charge is -2.14. The minimum atomic E-state index is -0.137. The second-order valence-electron chi connectivity index (χ2n) is 4.79. The molecule has 1 aromatic carbocycles. The number of hydrogen-bond acceptors (Lipinski definition) is 5. The van der Waals surface area contributed by atoms with Crippen LogP contribution in [0.1, 0.15) is 23.2 Å². The predicted octanol–water partition coefficient (Wildman–Crippen LogP) is 2.95. The number of fused-ring (bicyclic) bond motifs is 1. The molecule has 0 spiro atoms. The van der Waals surface area contributed by atoms with Crippen LogP contribution in [0.25, 0.3) is 0 Å². The van der Waals surface area contributed by atoms with E-state index in [1.807, 2.05) is 25.2 Å². The van der Waals surface area contributed by atoms with Crippen LogP contribution in [0, 0.1) is 3.57 Å². The van der Waals surface area contributed by atoms with Crippen molar-refractivity contribution in [3.63, 3.8) is 0 Å². The summed E-state index contributed by atoms with van der Waals surface area (Å²) in [6.45, 7) is 0.460. The zero-order chi connectivity index (χ0) is 14.8. The molecule has 6 heteroatoms. The van der Waals surface area contributed by atoms with Crippen LogP contribution in [0.5, 0.6) is 5.75 Å². The summed E-state index contributed by atoms with van der Waals surface area (Å²) in [5, 5.41) is 3.11. The zero-order valence-corrected chi connectivity index (χ0v) is 14.0. The van der Waals surface area contributed by atoms with Gasteiger partial charge >= 0.3 is 0 Å². The van der Waals surface area contributed by atoms with Crippen molar-refractivity contribution in [2.24, 2.45) is 0 Å². The molecule has 1 unspecified atom stereocenters. The van der Waals surface area contributed by atoms with Crippen molar-refractivity contribution in [2.45, 2.75) is 19.1 Å². The molecule has 3 rings (SSSR count). The van der Waals surface area contributed by atoms with E-state index in [0.717, 1.165) is 27.3 Å². The highest BCUT2D eigenvalue weighted by Crippen LogP contribution is 2.36. The van der Waals surface area contributed by atoms with Gasteiger partial charge in [0.15, 0.2) is 11.9 Å². The highest BCUT2D eigenvalue weighted by Gasteiger charge is 2.27. The molecule has 110 valence electrons. The van der Waals surface area contributed by atoms with Crippen LogP contribution in [-0.4, -0.2) is 24.1 Å². The average Bonchev–Trinajstić information content (AvgIpc) is 2.93. The van der Waals surface area contributed by atoms with Gasteiger partial charge in [-0.1, -0.05) is 18.2 Å². The predicted molar refractivity (Wildman–Crippen MR) is 88.5 cm³/mol. The van der Waals surface area contributed by atoms with Gasteiger partial charge in [-0.25, -0.2) is 9.97 Å². The maximum atomic E-state index is 5.97.